The first kappa shape index (κ1) is 14.2. The van der Waals surface area contributed by atoms with E-state index in [9.17, 15) is 9.00 Å². The van der Waals surface area contributed by atoms with Crippen LogP contribution in [-0.2, 0) is 11.1 Å². The summed E-state index contributed by atoms with van der Waals surface area (Å²) in [6.07, 6.45) is 4.08. The highest BCUT2D eigenvalue weighted by atomic mass is 32.2. The van der Waals surface area contributed by atoms with Crippen molar-refractivity contribution in [2.45, 2.75) is 4.90 Å². The van der Waals surface area contributed by atoms with Crippen LogP contribution in [0, 0.1) is 0 Å². The van der Waals surface area contributed by atoms with E-state index in [0.29, 0.717) is 0 Å². The van der Waals surface area contributed by atoms with Crippen molar-refractivity contribution >= 4 is 28.8 Å². The second kappa shape index (κ2) is 7.44. The van der Waals surface area contributed by atoms with Gasteiger partial charge in [-0.25, -0.2) is 9.00 Å². The van der Waals surface area contributed by atoms with Crippen LogP contribution in [0.5, 0.6) is 0 Å². The van der Waals surface area contributed by atoms with E-state index >= 15 is 0 Å². The molecule has 4 nitrogen and oxygen atoms in total. The maximum atomic E-state index is 10.4. The number of thioether (sulfide) groups is 1. The van der Waals surface area contributed by atoms with E-state index in [0.717, 1.165) is 0 Å². The lowest BCUT2D eigenvalue weighted by Crippen LogP contribution is -1.96. The smallest absolute Gasteiger partial charge is 0.335 e. The molecular weight excluding hydrogens is 236 g/mol. The standard InChI is InChI=1S/C7H6O4S.C2H6S/c8-7(9)5-1-3-6(4-2-5)12(10)11;1-3-2/h1-4H,(H,8,9)(H,10,11);1-2H3. The summed E-state index contributed by atoms with van der Waals surface area (Å²) in [5, 5.41) is 8.48. The summed E-state index contributed by atoms with van der Waals surface area (Å²) in [7, 11) is 0. The molecule has 6 heteroatoms. The zero-order chi connectivity index (χ0) is 11.8. The van der Waals surface area contributed by atoms with Gasteiger partial charge in [0.25, 0.3) is 0 Å². The Morgan fingerprint density at radius 2 is 1.67 bits per heavy atom. The maximum Gasteiger partial charge on any atom is 0.335 e. The third-order valence-electron chi connectivity index (χ3n) is 1.30. The predicted octanol–water partition coefficient (Wildman–Crippen LogP) is 1.94. The van der Waals surface area contributed by atoms with Crippen molar-refractivity contribution in [1.82, 2.24) is 0 Å². The lowest BCUT2D eigenvalue weighted by molar-refractivity contribution is 0.0697. The Morgan fingerprint density at radius 1 is 1.27 bits per heavy atom. The van der Waals surface area contributed by atoms with Gasteiger partial charge in [-0.05, 0) is 36.8 Å². The summed E-state index contributed by atoms with van der Waals surface area (Å²) >= 11 is -0.293. The first-order valence-electron chi connectivity index (χ1n) is 3.87. The molecule has 0 aliphatic carbocycles. The number of hydrogen-bond acceptors (Lipinski definition) is 3. The summed E-state index contributed by atoms with van der Waals surface area (Å²) in [6, 6.07) is 5.18. The van der Waals surface area contributed by atoms with Crippen LogP contribution in [0.25, 0.3) is 0 Å². The molecule has 0 aliphatic heterocycles. The van der Waals surface area contributed by atoms with E-state index in [2.05, 4.69) is 0 Å². The molecule has 0 aliphatic rings. The first-order chi connectivity index (χ1) is 7.02. The van der Waals surface area contributed by atoms with Crippen LogP contribution in [-0.4, -0.2) is 32.3 Å². The molecule has 0 saturated heterocycles. The molecule has 0 spiro atoms. The SMILES string of the molecule is CSC.O=C(O)c1ccc(S(=O)O)cc1. The van der Waals surface area contributed by atoms with Gasteiger partial charge in [0, 0.05) is 0 Å². The van der Waals surface area contributed by atoms with Gasteiger partial charge in [0.05, 0.1) is 10.5 Å². The molecule has 2 N–H and O–H groups in total. The highest BCUT2D eigenvalue weighted by Crippen LogP contribution is 2.06. The summed E-state index contributed by atoms with van der Waals surface area (Å²) in [6.45, 7) is 0. The second-order valence-corrected chi connectivity index (χ2v) is 4.27. The average Bonchev–Trinajstić information content (AvgIpc) is 2.19. The Morgan fingerprint density at radius 3 is 1.93 bits per heavy atom. The van der Waals surface area contributed by atoms with Gasteiger partial charge in [-0.1, -0.05) is 0 Å². The summed E-state index contributed by atoms with van der Waals surface area (Å²) in [5.74, 6) is -1.05. The summed E-state index contributed by atoms with van der Waals surface area (Å²) < 4.78 is 19.0. The van der Waals surface area contributed by atoms with Crippen molar-refractivity contribution in [2.24, 2.45) is 0 Å². The van der Waals surface area contributed by atoms with E-state index < -0.39 is 17.0 Å². The normalized spacial score (nSPS) is 11.1. The molecule has 0 bridgehead atoms. The molecule has 0 amide bonds. The Balaban J connectivity index is 0.000000583. The summed E-state index contributed by atoms with van der Waals surface area (Å²) in [5.41, 5.74) is 0.101. The molecule has 1 rings (SSSR count). The lowest BCUT2D eigenvalue weighted by Gasteiger charge is -1.95. The minimum atomic E-state index is -2.04. The zero-order valence-electron chi connectivity index (χ0n) is 8.34. The number of hydrogen-bond donors (Lipinski definition) is 2. The van der Waals surface area contributed by atoms with E-state index in [1.807, 2.05) is 12.5 Å². The highest BCUT2D eigenvalue weighted by molar-refractivity contribution is 7.97. The molecule has 0 radical (unpaired) electrons. The van der Waals surface area contributed by atoms with Crippen LogP contribution in [0.1, 0.15) is 10.4 Å². The van der Waals surface area contributed by atoms with Gasteiger partial charge in [-0.3, -0.25) is 0 Å². The fraction of sp³-hybridized carbons (Fsp3) is 0.222. The Labute approximate surface area is 95.0 Å². The number of benzene rings is 1. The molecule has 1 atom stereocenters. The van der Waals surface area contributed by atoms with Crippen LogP contribution in [0.2, 0.25) is 0 Å². The number of carbonyl (C=O) groups is 1. The van der Waals surface area contributed by atoms with E-state index in [-0.39, 0.29) is 10.5 Å². The van der Waals surface area contributed by atoms with Crippen molar-refractivity contribution in [2.75, 3.05) is 12.5 Å². The van der Waals surface area contributed by atoms with E-state index in [4.69, 9.17) is 9.66 Å². The lowest BCUT2D eigenvalue weighted by atomic mass is 10.2. The minimum absolute atomic E-state index is 0.101. The quantitative estimate of drug-likeness (QED) is 0.782. The largest absolute Gasteiger partial charge is 0.478 e. The van der Waals surface area contributed by atoms with Crippen molar-refractivity contribution in [1.29, 1.82) is 0 Å². The van der Waals surface area contributed by atoms with Crippen molar-refractivity contribution in [3.8, 4) is 0 Å². The molecule has 0 saturated carbocycles. The van der Waals surface area contributed by atoms with Gasteiger partial charge in [-0.15, -0.1) is 0 Å². The van der Waals surface area contributed by atoms with Gasteiger partial charge in [-0.2, -0.15) is 11.8 Å². The summed E-state index contributed by atoms with van der Waals surface area (Å²) in [4.78, 5) is 10.5. The van der Waals surface area contributed by atoms with Crippen LogP contribution in [0.15, 0.2) is 29.2 Å². The van der Waals surface area contributed by atoms with Crippen LogP contribution in [0.3, 0.4) is 0 Å². The first-order valence-corrected chi connectivity index (χ1v) is 6.61. The minimum Gasteiger partial charge on any atom is -0.478 e. The fourth-order valence-electron chi connectivity index (χ4n) is 0.714. The van der Waals surface area contributed by atoms with Crippen molar-refractivity contribution in [3.63, 3.8) is 0 Å². The Bertz CT molecular complexity index is 301. The molecule has 84 valence electrons. The zero-order valence-corrected chi connectivity index (χ0v) is 9.97. The van der Waals surface area contributed by atoms with Crippen LogP contribution < -0.4 is 0 Å². The molecule has 0 aromatic heterocycles. The molecule has 1 unspecified atom stereocenters. The molecule has 15 heavy (non-hydrogen) atoms. The average molecular weight is 248 g/mol. The van der Waals surface area contributed by atoms with E-state index in [1.165, 1.54) is 24.3 Å². The fourth-order valence-corrected chi connectivity index (χ4v) is 1.08. The number of carboxylic acids is 1. The van der Waals surface area contributed by atoms with Gasteiger partial charge in [0.1, 0.15) is 0 Å². The molecule has 1 aromatic carbocycles. The molecule has 0 fully saturated rings. The van der Waals surface area contributed by atoms with Gasteiger partial charge >= 0.3 is 5.97 Å². The third-order valence-corrected chi connectivity index (χ3v) is 1.98. The Hall–Kier alpha value is -0.850. The number of rotatable bonds is 2. The van der Waals surface area contributed by atoms with Crippen molar-refractivity contribution < 1.29 is 18.7 Å². The van der Waals surface area contributed by atoms with Gasteiger partial charge in [0.15, 0.2) is 11.1 Å². The number of aromatic carboxylic acids is 1. The maximum absolute atomic E-state index is 10.4. The van der Waals surface area contributed by atoms with E-state index in [1.54, 1.807) is 11.8 Å². The molecular formula is C9H12O4S2. The monoisotopic (exact) mass is 248 g/mol. The predicted molar refractivity (Wildman–Crippen MR) is 61.9 cm³/mol. The van der Waals surface area contributed by atoms with Crippen LogP contribution in [0.4, 0.5) is 0 Å². The van der Waals surface area contributed by atoms with Crippen molar-refractivity contribution in [3.05, 3.63) is 29.8 Å². The Kier molecular flexibility index (Phi) is 7.02. The van der Waals surface area contributed by atoms with Gasteiger partial charge in [0.2, 0.25) is 0 Å². The topological polar surface area (TPSA) is 74.6 Å². The second-order valence-electron chi connectivity index (χ2n) is 2.49. The molecule has 1 aromatic rings. The highest BCUT2D eigenvalue weighted by Gasteiger charge is 2.03. The van der Waals surface area contributed by atoms with Crippen LogP contribution >= 0.6 is 11.8 Å². The van der Waals surface area contributed by atoms with Gasteiger partial charge < -0.3 is 9.66 Å². The third kappa shape index (κ3) is 5.56. The number of carboxylic acid groups (broad SMARTS) is 1. The molecule has 0 heterocycles.